The molecule has 22 heavy (non-hydrogen) atoms. The summed E-state index contributed by atoms with van der Waals surface area (Å²) in [5, 5.41) is 19.4. The van der Waals surface area contributed by atoms with E-state index < -0.39 is 24.0 Å². The van der Waals surface area contributed by atoms with Crippen LogP contribution >= 0.6 is 0 Å². The van der Waals surface area contributed by atoms with Crippen molar-refractivity contribution in [3.8, 4) is 0 Å². The van der Waals surface area contributed by atoms with Gasteiger partial charge in [0.25, 0.3) is 0 Å². The van der Waals surface area contributed by atoms with E-state index in [0.29, 0.717) is 24.8 Å². The number of esters is 1. The molecule has 1 aromatic rings. The largest absolute Gasteiger partial charge is 0.459 e. The molecule has 0 amide bonds. The van der Waals surface area contributed by atoms with E-state index >= 15 is 0 Å². The second-order valence-corrected chi connectivity index (χ2v) is 5.36. The summed E-state index contributed by atoms with van der Waals surface area (Å²) in [5.41, 5.74) is 0.478. The molecule has 0 saturated heterocycles. The molecule has 3 atom stereocenters. The van der Waals surface area contributed by atoms with Gasteiger partial charge in [-0.15, -0.1) is 0 Å². The van der Waals surface area contributed by atoms with Crippen molar-refractivity contribution in [1.29, 1.82) is 0 Å². The van der Waals surface area contributed by atoms with Crippen LogP contribution in [-0.4, -0.2) is 40.3 Å². The molecule has 3 unspecified atom stereocenters. The summed E-state index contributed by atoms with van der Waals surface area (Å²) in [7, 11) is 0. The van der Waals surface area contributed by atoms with Gasteiger partial charge in [-0.25, -0.2) is 4.79 Å². The lowest BCUT2D eigenvalue weighted by Gasteiger charge is -2.22. The van der Waals surface area contributed by atoms with Crippen molar-refractivity contribution in [1.82, 2.24) is 0 Å². The number of benzene rings is 1. The number of carbonyl (C=O) groups is 2. The second kappa shape index (κ2) is 7.87. The fourth-order valence-corrected chi connectivity index (χ4v) is 2.34. The average Bonchev–Trinajstić information content (AvgIpc) is 2.54. The van der Waals surface area contributed by atoms with E-state index in [0.717, 1.165) is 0 Å². The predicted octanol–water partition coefficient (Wildman–Crippen LogP) is 1.63. The quantitative estimate of drug-likeness (QED) is 0.811. The van der Waals surface area contributed by atoms with Gasteiger partial charge in [0.2, 0.25) is 0 Å². The zero-order valence-electron chi connectivity index (χ0n) is 12.2. The highest BCUT2D eigenvalue weighted by molar-refractivity contribution is 5.93. The molecular weight excluding hydrogens is 284 g/mol. The van der Waals surface area contributed by atoms with Crippen LogP contribution < -0.4 is 0 Å². The fraction of sp³-hybridized carbons (Fsp3) is 0.412. The molecule has 5 heteroatoms. The Morgan fingerprint density at radius 1 is 1.09 bits per heavy atom. The number of ether oxygens (including phenoxy) is 1. The first-order chi connectivity index (χ1) is 10.6. The summed E-state index contributed by atoms with van der Waals surface area (Å²) in [5.74, 6) is -0.898. The lowest BCUT2D eigenvalue weighted by molar-refractivity contribution is -0.128. The minimum absolute atomic E-state index is 0.202. The molecule has 2 rings (SSSR count). The van der Waals surface area contributed by atoms with E-state index in [9.17, 15) is 19.8 Å². The summed E-state index contributed by atoms with van der Waals surface area (Å²) >= 11 is 0. The van der Waals surface area contributed by atoms with Crippen LogP contribution in [0.1, 0.15) is 36.0 Å². The van der Waals surface area contributed by atoms with E-state index in [1.807, 2.05) is 6.07 Å². The van der Waals surface area contributed by atoms with Crippen LogP contribution in [0.15, 0.2) is 42.5 Å². The summed E-state index contributed by atoms with van der Waals surface area (Å²) in [6.45, 7) is 0. The molecule has 0 radical (unpaired) electrons. The topological polar surface area (TPSA) is 83.8 Å². The van der Waals surface area contributed by atoms with Crippen LogP contribution in [0, 0.1) is 0 Å². The van der Waals surface area contributed by atoms with E-state index in [2.05, 4.69) is 0 Å². The maximum atomic E-state index is 12.1. The number of hydrogen-bond acceptors (Lipinski definition) is 5. The maximum Gasteiger partial charge on any atom is 0.338 e. The standard InChI is InChI=1S/C17H20O5/c18-14-9-5-4-8-13(10-11-15(19)16(14)20)22-17(21)12-6-2-1-3-7-12/h1-3,5-7,9,13,15-16,19-20H,4,8,10-11H2/b9-5+. The van der Waals surface area contributed by atoms with E-state index in [-0.39, 0.29) is 12.5 Å². The van der Waals surface area contributed by atoms with Crippen LogP contribution in [0.2, 0.25) is 0 Å². The molecular formula is C17H20O5. The third-order valence-corrected chi connectivity index (χ3v) is 3.66. The summed E-state index contributed by atoms with van der Waals surface area (Å²) in [4.78, 5) is 23.6. The molecule has 0 aromatic heterocycles. The molecule has 0 spiro atoms. The van der Waals surface area contributed by atoms with Gasteiger partial charge in [0.1, 0.15) is 12.2 Å². The first kappa shape index (κ1) is 16.4. The molecule has 0 heterocycles. The first-order valence-corrected chi connectivity index (χ1v) is 7.40. The number of hydrogen-bond donors (Lipinski definition) is 2. The van der Waals surface area contributed by atoms with Gasteiger partial charge in [-0.2, -0.15) is 0 Å². The Bertz CT molecular complexity index is 537. The van der Waals surface area contributed by atoms with Crippen molar-refractivity contribution in [2.24, 2.45) is 0 Å². The van der Waals surface area contributed by atoms with Gasteiger partial charge in [-0.1, -0.05) is 24.3 Å². The SMILES string of the molecule is O=C(OC1CC/C=C/C(=O)C(O)C(O)CC1)c1ccccc1. The minimum atomic E-state index is -1.42. The molecule has 118 valence electrons. The molecule has 0 fully saturated rings. The molecule has 1 aliphatic rings. The van der Waals surface area contributed by atoms with E-state index in [1.165, 1.54) is 6.08 Å². The Hall–Kier alpha value is -1.98. The third kappa shape index (κ3) is 4.51. The third-order valence-electron chi connectivity index (χ3n) is 3.66. The zero-order valence-corrected chi connectivity index (χ0v) is 12.2. The monoisotopic (exact) mass is 304 g/mol. The molecule has 0 aliphatic heterocycles. The fourth-order valence-electron chi connectivity index (χ4n) is 2.34. The number of carbonyl (C=O) groups excluding carboxylic acids is 2. The Morgan fingerprint density at radius 2 is 1.82 bits per heavy atom. The average molecular weight is 304 g/mol. The Kier molecular flexibility index (Phi) is 5.86. The molecule has 0 saturated carbocycles. The van der Waals surface area contributed by atoms with Crippen molar-refractivity contribution in [3.05, 3.63) is 48.0 Å². The Balaban J connectivity index is 2.00. The number of rotatable bonds is 2. The van der Waals surface area contributed by atoms with Crippen LogP contribution in [0.5, 0.6) is 0 Å². The number of aliphatic hydroxyl groups excluding tert-OH is 2. The van der Waals surface area contributed by atoms with Gasteiger partial charge < -0.3 is 14.9 Å². The van der Waals surface area contributed by atoms with Gasteiger partial charge in [0.15, 0.2) is 5.78 Å². The van der Waals surface area contributed by atoms with Crippen LogP contribution in [0.4, 0.5) is 0 Å². The summed E-state index contributed by atoms with van der Waals surface area (Å²) in [6.07, 6.45) is 1.74. The molecule has 2 N–H and O–H groups in total. The molecule has 5 nitrogen and oxygen atoms in total. The first-order valence-electron chi connectivity index (χ1n) is 7.40. The van der Waals surface area contributed by atoms with Crippen LogP contribution in [-0.2, 0) is 9.53 Å². The van der Waals surface area contributed by atoms with Crippen molar-refractivity contribution >= 4 is 11.8 Å². The van der Waals surface area contributed by atoms with Gasteiger partial charge in [-0.05, 0) is 43.9 Å². The lowest BCUT2D eigenvalue weighted by Crippen LogP contribution is -2.34. The molecule has 1 aliphatic carbocycles. The maximum absolute atomic E-state index is 12.1. The Labute approximate surface area is 129 Å². The highest BCUT2D eigenvalue weighted by atomic mass is 16.5. The molecule has 1 aromatic carbocycles. The van der Waals surface area contributed by atoms with Crippen molar-refractivity contribution in [2.45, 2.75) is 44.0 Å². The zero-order chi connectivity index (χ0) is 15.9. The van der Waals surface area contributed by atoms with Gasteiger partial charge in [0, 0.05) is 0 Å². The highest BCUT2D eigenvalue weighted by Gasteiger charge is 2.25. The number of ketones is 1. The van der Waals surface area contributed by atoms with Crippen molar-refractivity contribution in [2.75, 3.05) is 0 Å². The highest BCUT2D eigenvalue weighted by Crippen LogP contribution is 2.17. The van der Waals surface area contributed by atoms with Gasteiger partial charge in [-0.3, -0.25) is 4.79 Å². The van der Waals surface area contributed by atoms with Crippen LogP contribution in [0.25, 0.3) is 0 Å². The lowest BCUT2D eigenvalue weighted by atomic mass is 9.98. The van der Waals surface area contributed by atoms with Crippen molar-refractivity contribution < 1.29 is 24.5 Å². The summed E-state index contributed by atoms with van der Waals surface area (Å²) < 4.78 is 5.47. The summed E-state index contributed by atoms with van der Waals surface area (Å²) in [6, 6.07) is 8.70. The minimum Gasteiger partial charge on any atom is -0.459 e. The number of allylic oxidation sites excluding steroid dienone is 1. The normalized spacial score (nSPS) is 27.9. The van der Waals surface area contributed by atoms with E-state index in [4.69, 9.17) is 4.74 Å². The number of aliphatic hydroxyl groups is 2. The van der Waals surface area contributed by atoms with Gasteiger partial charge >= 0.3 is 5.97 Å². The van der Waals surface area contributed by atoms with E-state index in [1.54, 1.807) is 30.3 Å². The second-order valence-electron chi connectivity index (χ2n) is 5.36. The molecule has 0 bridgehead atoms. The Morgan fingerprint density at radius 3 is 2.55 bits per heavy atom. The van der Waals surface area contributed by atoms with Crippen LogP contribution in [0.3, 0.4) is 0 Å². The van der Waals surface area contributed by atoms with Gasteiger partial charge in [0.05, 0.1) is 11.7 Å². The van der Waals surface area contributed by atoms with Crippen molar-refractivity contribution in [3.63, 3.8) is 0 Å². The smallest absolute Gasteiger partial charge is 0.338 e. The predicted molar refractivity (Wildman–Crippen MR) is 80.3 cm³/mol.